The fourth-order valence-electron chi connectivity index (χ4n) is 3.26. The van der Waals surface area contributed by atoms with E-state index in [1.165, 1.54) is 0 Å². The van der Waals surface area contributed by atoms with Crippen LogP contribution in [-0.2, 0) is 13.3 Å². The van der Waals surface area contributed by atoms with Crippen LogP contribution in [0.15, 0.2) is 0 Å². The summed E-state index contributed by atoms with van der Waals surface area (Å²) in [4.78, 5) is 0. The Balaban J connectivity index is 4.98. The van der Waals surface area contributed by atoms with Crippen molar-refractivity contribution >= 4 is 8.80 Å². The van der Waals surface area contributed by atoms with E-state index >= 15 is 0 Å². The molecule has 0 saturated carbocycles. The van der Waals surface area contributed by atoms with E-state index in [9.17, 15) is 0 Å². The summed E-state index contributed by atoms with van der Waals surface area (Å²) in [6.07, 6.45) is 7.48. The van der Waals surface area contributed by atoms with Crippen LogP contribution in [0.4, 0.5) is 0 Å². The molecule has 0 amide bonds. The molecule has 0 aliphatic heterocycles. The molecule has 0 aromatic rings. The molecule has 0 aromatic carbocycles. The molecule has 0 aromatic heterocycles. The van der Waals surface area contributed by atoms with Crippen molar-refractivity contribution in [2.45, 2.75) is 77.4 Å². The molecule has 0 heterocycles. The minimum atomic E-state index is -2.57. The third-order valence-corrected chi connectivity index (χ3v) is 7.37. The Morgan fingerprint density at radius 3 is 1.96 bits per heavy atom. The highest BCUT2D eigenvalue weighted by atomic mass is 28.4. The number of nitrogens with one attached hydrogen (secondary N) is 1. The van der Waals surface area contributed by atoms with Gasteiger partial charge in [-0.3, -0.25) is 0 Å². The quantitative estimate of drug-likeness (QED) is 0.331. The molecule has 140 valence electrons. The van der Waals surface area contributed by atoms with E-state index < -0.39 is 8.80 Å². The molecule has 3 N–H and O–H groups in total. The van der Waals surface area contributed by atoms with Gasteiger partial charge in [0, 0.05) is 33.4 Å². The van der Waals surface area contributed by atoms with Crippen LogP contribution in [0.1, 0.15) is 65.7 Å². The van der Waals surface area contributed by atoms with Gasteiger partial charge in [0.15, 0.2) is 0 Å². The second-order valence-corrected chi connectivity index (χ2v) is 9.16. The van der Waals surface area contributed by atoms with Gasteiger partial charge in [0.05, 0.1) is 5.60 Å². The van der Waals surface area contributed by atoms with Gasteiger partial charge in [-0.15, -0.1) is 0 Å². The van der Waals surface area contributed by atoms with Gasteiger partial charge in [0.25, 0.3) is 0 Å². The Kier molecular flexibility index (Phi) is 13.3. The number of nitrogens with two attached hydrogens (primary N) is 1. The summed E-state index contributed by atoms with van der Waals surface area (Å²) in [6, 6.07) is 0.876. The van der Waals surface area contributed by atoms with Crippen molar-refractivity contribution in [1.82, 2.24) is 5.32 Å². The van der Waals surface area contributed by atoms with Crippen molar-refractivity contribution in [3.63, 3.8) is 0 Å². The Labute approximate surface area is 145 Å². The Bertz CT molecular complexity index is 271. The zero-order valence-corrected chi connectivity index (χ0v) is 17.1. The van der Waals surface area contributed by atoms with Crippen molar-refractivity contribution < 1.29 is 13.3 Å². The maximum absolute atomic E-state index is 6.69. The van der Waals surface area contributed by atoms with E-state index in [0.29, 0.717) is 6.54 Å². The lowest BCUT2D eigenvalue weighted by Crippen LogP contribution is -2.52. The molecule has 0 radical (unpaired) electrons. The van der Waals surface area contributed by atoms with Crippen LogP contribution in [-0.4, -0.2) is 48.3 Å². The highest BCUT2D eigenvalue weighted by Crippen LogP contribution is 2.35. The summed E-state index contributed by atoms with van der Waals surface area (Å²) in [7, 11) is 0.897. The van der Waals surface area contributed by atoms with Crippen LogP contribution in [0.5, 0.6) is 0 Å². The minimum Gasteiger partial charge on any atom is -0.377 e. The van der Waals surface area contributed by atoms with Gasteiger partial charge in [-0.05, 0) is 32.2 Å². The lowest BCUT2D eigenvalue weighted by atomic mass is 9.88. The number of hydrogen-bond acceptors (Lipinski definition) is 5. The number of hydrogen-bond donors (Lipinski definition) is 2. The fraction of sp³-hybridized carbons (Fsp3) is 1.00. The van der Waals surface area contributed by atoms with E-state index in [2.05, 4.69) is 26.1 Å². The van der Waals surface area contributed by atoms with Gasteiger partial charge < -0.3 is 24.3 Å². The van der Waals surface area contributed by atoms with E-state index in [0.717, 1.165) is 64.1 Å². The van der Waals surface area contributed by atoms with Crippen LogP contribution in [0.3, 0.4) is 0 Å². The van der Waals surface area contributed by atoms with Crippen molar-refractivity contribution in [1.29, 1.82) is 0 Å². The first-order valence-electron chi connectivity index (χ1n) is 9.28. The van der Waals surface area contributed by atoms with Crippen LogP contribution < -0.4 is 11.1 Å². The zero-order chi connectivity index (χ0) is 17.6. The third kappa shape index (κ3) is 8.61. The van der Waals surface area contributed by atoms with Gasteiger partial charge in [-0.2, -0.15) is 0 Å². The maximum atomic E-state index is 6.69. The zero-order valence-electron chi connectivity index (χ0n) is 16.1. The standard InChI is InChI=1S/C17H40N2O3Si/c1-6-10-17(11-7-2,12-9-14-19-15-13-18)22-23(20-4,21-5)16-8-3/h19H,6-16,18H2,1-5H3. The van der Waals surface area contributed by atoms with Gasteiger partial charge in [-0.25, -0.2) is 0 Å². The number of rotatable bonds is 16. The molecule has 0 aliphatic carbocycles. The minimum absolute atomic E-state index is 0.124. The van der Waals surface area contributed by atoms with Crippen LogP contribution in [0.2, 0.25) is 6.04 Å². The van der Waals surface area contributed by atoms with Crippen molar-refractivity contribution in [2.75, 3.05) is 33.9 Å². The lowest BCUT2D eigenvalue weighted by Gasteiger charge is -2.41. The predicted molar refractivity (Wildman–Crippen MR) is 99.7 cm³/mol. The summed E-state index contributed by atoms with van der Waals surface area (Å²) in [6.45, 7) is 9.15. The molecule has 0 bridgehead atoms. The van der Waals surface area contributed by atoms with Crippen LogP contribution in [0.25, 0.3) is 0 Å². The first-order valence-corrected chi connectivity index (χ1v) is 11.2. The van der Waals surface area contributed by atoms with Gasteiger partial charge in [-0.1, -0.05) is 40.0 Å². The molecule has 5 nitrogen and oxygen atoms in total. The highest BCUT2D eigenvalue weighted by molar-refractivity contribution is 6.60. The molecule has 0 fully saturated rings. The first kappa shape index (κ1) is 23.0. The Morgan fingerprint density at radius 2 is 1.52 bits per heavy atom. The molecule has 0 unspecified atom stereocenters. The van der Waals surface area contributed by atoms with Gasteiger partial charge in [0.1, 0.15) is 0 Å². The van der Waals surface area contributed by atoms with E-state index in [1.807, 2.05) is 0 Å². The van der Waals surface area contributed by atoms with Crippen LogP contribution in [0, 0.1) is 0 Å². The largest absolute Gasteiger partial charge is 0.500 e. The fourth-order valence-corrected chi connectivity index (χ4v) is 5.68. The van der Waals surface area contributed by atoms with Crippen LogP contribution >= 0.6 is 0 Å². The summed E-state index contributed by atoms with van der Waals surface area (Å²) in [5, 5.41) is 3.38. The molecule has 6 heteroatoms. The van der Waals surface area contributed by atoms with Crippen molar-refractivity contribution in [3.05, 3.63) is 0 Å². The van der Waals surface area contributed by atoms with Crippen molar-refractivity contribution in [2.24, 2.45) is 5.73 Å². The van der Waals surface area contributed by atoms with Crippen molar-refractivity contribution in [3.8, 4) is 0 Å². The Morgan fingerprint density at radius 1 is 0.913 bits per heavy atom. The summed E-state index contributed by atoms with van der Waals surface area (Å²) < 4.78 is 18.3. The molecular weight excluding hydrogens is 308 g/mol. The second kappa shape index (κ2) is 13.3. The predicted octanol–water partition coefficient (Wildman–Crippen LogP) is 3.31. The average molecular weight is 349 g/mol. The van der Waals surface area contributed by atoms with Gasteiger partial charge >= 0.3 is 8.80 Å². The second-order valence-electron chi connectivity index (χ2n) is 6.27. The first-order chi connectivity index (χ1) is 11.1. The molecule has 0 saturated heterocycles. The maximum Gasteiger partial charge on any atom is 0.500 e. The molecule has 0 atom stereocenters. The van der Waals surface area contributed by atoms with E-state index in [-0.39, 0.29) is 5.60 Å². The summed E-state index contributed by atoms with van der Waals surface area (Å²) in [5.74, 6) is 0. The monoisotopic (exact) mass is 348 g/mol. The van der Waals surface area contributed by atoms with E-state index in [4.69, 9.17) is 19.0 Å². The molecule has 0 spiro atoms. The smallest absolute Gasteiger partial charge is 0.377 e. The van der Waals surface area contributed by atoms with E-state index in [1.54, 1.807) is 14.2 Å². The van der Waals surface area contributed by atoms with Gasteiger partial charge in [0.2, 0.25) is 0 Å². The molecule has 0 rings (SSSR count). The average Bonchev–Trinajstić information content (AvgIpc) is 2.55. The molecule has 23 heavy (non-hydrogen) atoms. The SMILES string of the molecule is CCCC(CCC)(CCCNCCN)O[Si](CCC)(OC)OC. The Hall–Kier alpha value is 0.0169. The molecular formula is C17H40N2O3Si. The summed E-state index contributed by atoms with van der Waals surface area (Å²) >= 11 is 0. The molecule has 0 aliphatic rings. The lowest BCUT2D eigenvalue weighted by molar-refractivity contribution is -0.0363. The topological polar surface area (TPSA) is 65.7 Å². The normalized spacial score (nSPS) is 12.8. The highest BCUT2D eigenvalue weighted by Gasteiger charge is 2.45. The summed E-state index contributed by atoms with van der Waals surface area (Å²) in [5.41, 5.74) is 5.41. The third-order valence-electron chi connectivity index (χ3n) is 4.27.